The second kappa shape index (κ2) is 17.3. The molecule has 1 unspecified atom stereocenters. The molecule has 4 aromatic heterocycles. The SMILES string of the molecule is C=CC(=O)Nc1cc(Nc2cc(-c3ccnc(N4CCn5c(cc6c5CC(C)(C)C6)C4=O)c3CO)cn(C)c2=O)ncc1N1CCN(C2CCN(c3ccc4c(c3)NC(=O)C4(C)C)[C@H](C)C2)C[C@@H]1C. The number of piperazine rings is 1. The average molecular weight is 934 g/mol. The summed E-state index contributed by atoms with van der Waals surface area (Å²) in [5.41, 5.74) is 8.80. The molecular formula is C53H63N11O5. The maximum absolute atomic E-state index is 14.1. The van der Waals surface area contributed by atoms with Crippen LogP contribution in [0.15, 0.2) is 78.5 Å². The van der Waals surface area contributed by atoms with Crippen LogP contribution in [0.3, 0.4) is 0 Å². The molecule has 16 nitrogen and oxygen atoms in total. The van der Waals surface area contributed by atoms with Crippen LogP contribution in [0, 0.1) is 5.41 Å². The lowest BCUT2D eigenvalue weighted by atomic mass is 9.86. The first-order chi connectivity index (χ1) is 32.9. The summed E-state index contributed by atoms with van der Waals surface area (Å²) in [5, 5.41) is 20.2. The Labute approximate surface area is 403 Å². The van der Waals surface area contributed by atoms with Crippen molar-refractivity contribution >= 4 is 57.8 Å². The Morgan fingerprint density at radius 3 is 2.51 bits per heavy atom. The summed E-state index contributed by atoms with van der Waals surface area (Å²) in [4.78, 5) is 71.7. The normalized spacial score (nSPS) is 21.7. The van der Waals surface area contributed by atoms with Crippen LogP contribution >= 0.6 is 0 Å². The summed E-state index contributed by atoms with van der Waals surface area (Å²) in [7, 11) is 1.66. The molecule has 8 heterocycles. The fourth-order valence-corrected chi connectivity index (χ4v) is 11.7. The van der Waals surface area contributed by atoms with Crippen LogP contribution in [-0.2, 0) is 48.0 Å². The molecule has 16 heteroatoms. The number of aliphatic hydroxyl groups is 1. The monoisotopic (exact) mass is 934 g/mol. The molecule has 1 aliphatic carbocycles. The summed E-state index contributed by atoms with van der Waals surface area (Å²) < 4.78 is 3.62. The molecule has 4 N–H and O–H groups in total. The van der Waals surface area contributed by atoms with Gasteiger partial charge in [-0.15, -0.1) is 0 Å². The molecule has 1 aromatic carbocycles. The highest BCUT2D eigenvalue weighted by Gasteiger charge is 2.41. The molecular weight excluding hydrogens is 871 g/mol. The summed E-state index contributed by atoms with van der Waals surface area (Å²) in [6, 6.07) is 14.5. The van der Waals surface area contributed by atoms with E-state index in [4.69, 9.17) is 4.98 Å². The van der Waals surface area contributed by atoms with E-state index < -0.39 is 5.41 Å². The number of rotatable bonds is 10. The molecule has 5 aromatic rings. The van der Waals surface area contributed by atoms with Gasteiger partial charge < -0.3 is 40.0 Å². The maximum atomic E-state index is 14.1. The van der Waals surface area contributed by atoms with Gasteiger partial charge in [-0.3, -0.25) is 29.0 Å². The van der Waals surface area contributed by atoms with Gasteiger partial charge in [0.25, 0.3) is 11.5 Å². The number of hydrogen-bond acceptors (Lipinski definition) is 11. The number of aromatic nitrogens is 4. The van der Waals surface area contributed by atoms with Crippen LogP contribution in [0.25, 0.3) is 11.1 Å². The number of nitrogens with zero attached hydrogens (tertiary/aromatic N) is 8. The zero-order valence-electron chi connectivity index (χ0n) is 40.7. The molecule has 3 atom stereocenters. The van der Waals surface area contributed by atoms with Crippen molar-refractivity contribution < 1.29 is 19.5 Å². The van der Waals surface area contributed by atoms with E-state index >= 15 is 0 Å². The number of piperidine rings is 1. The minimum absolute atomic E-state index is 0.0360. The zero-order chi connectivity index (χ0) is 48.7. The fraction of sp³-hybridized carbons (Fsp3) is 0.434. The number of nitrogens with one attached hydrogen (secondary N) is 3. The van der Waals surface area contributed by atoms with Crippen molar-refractivity contribution in [3.8, 4) is 11.1 Å². The molecule has 3 amide bonds. The quantitative estimate of drug-likeness (QED) is 0.111. The van der Waals surface area contributed by atoms with Crippen molar-refractivity contribution in [2.45, 2.75) is 104 Å². The lowest BCUT2D eigenvalue weighted by molar-refractivity contribution is -0.119. The van der Waals surface area contributed by atoms with Gasteiger partial charge in [-0.2, -0.15) is 0 Å². The van der Waals surface area contributed by atoms with Crippen LogP contribution in [-0.4, -0.2) is 97.7 Å². The van der Waals surface area contributed by atoms with E-state index in [-0.39, 0.29) is 47.0 Å². The number of anilines is 7. The van der Waals surface area contributed by atoms with E-state index in [1.54, 1.807) is 48.7 Å². The van der Waals surface area contributed by atoms with Gasteiger partial charge in [0.1, 0.15) is 23.0 Å². The van der Waals surface area contributed by atoms with E-state index in [2.05, 4.69) is 92.7 Å². The lowest BCUT2D eigenvalue weighted by Crippen LogP contribution is -2.58. The number of amides is 3. The van der Waals surface area contributed by atoms with Crippen molar-refractivity contribution in [2.24, 2.45) is 12.5 Å². The van der Waals surface area contributed by atoms with Gasteiger partial charge in [0.2, 0.25) is 11.8 Å². The molecule has 2 saturated heterocycles. The molecule has 0 saturated carbocycles. The topological polar surface area (TPSA) is 173 Å². The fourth-order valence-electron chi connectivity index (χ4n) is 11.7. The number of carbonyl (C=O) groups excluding carboxylic acids is 3. The molecule has 69 heavy (non-hydrogen) atoms. The van der Waals surface area contributed by atoms with Crippen molar-refractivity contribution in [3.05, 3.63) is 112 Å². The molecule has 4 aliphatic heterocycles. The zero-order valence-corrected chi connectivity index (χ0v) is 40.7. The first-order valence-corrected chi connectivity index (χ1v) is 24.2. The highest BCUT2D eigenvalue weighted by molar-refractivity contribution is 6.07. The maximum Gasteiger partial charge on any atom is 0.276 e. The standard InChI is InChI=1S/C53H63N11O5/c1-9-47(66)57-41-24-46(55-27-45(41)62-17-16-60(28-32(62)3)35-13-15-61(31(2)20-35)36-10-11-39-40(23-36)58-51(69)53(39,6)7)56-42-21-34(29-59(8)49(42)67)37-12-14-54-48(38(37)30-65)64-19-18-63-43(50(64)68)22-33-25-52(4,5)26-44(33)63/h9-12,14,21-24,27,29,31-32,35,65H,1,13,15-20,25-26,28,30H2,2-8H3,(H,58,69)(H2,55,56,57,66)/t31-,32+,35?/m1/s1. The van der Waals surface area contributed by atoms with Crippen LogP contribution in [0.4, 0.5) is 40.1 Å². The number of fused-ring (bicyclic) bond motifs is 4. The Kier molecular flexibility index (Phi) is 11.5. The number of aliphatic hydroxyl groups excluding tert-OH is 1. The Morgan fingerprint density at radius 2 is 1.75 bits per heavy atom. The highest BCUT2D eigenvalue weighted by atomic mass is 16.3. The summed E-state index contributed by atoms with van der Waals surface area (Å²) in [5.74, 6) is 0.255. The average Bonchev–Trinajstić information content (AvgIpc) is 3.90. The van der Waals surface area contributed by atoms with E-state index in [9.17, 15) is 24.3 Å². The van der Waals surface area contributed by atoms with E-state index in [0.717, 1.165) is 74.5 Å². The van der Waals surface area contributed by atoms with Crippen LogP contribution in [0.1, 0.15) is 87.3 Å². The van der Waals surface area contributed by atoms with Crippen molar-refractivity contribution in [3.63, 3.8) is 0 Å². The predicted molar refractivity (Wildman–Crippen MR) is 271 cm³/mol. The number of pyridine rings is 3. The largest absolute Gasteiger partial charge is 0.392 e. The Morgan fingerprint density at radius 1 is 0.942 bits per heavy atom. The Balaban J connectivity index is 0.852. The lowest BCUT2D eigenvalue weighted by Gasteiger charge is -2.48. The number of carbonyl (C=O) groups is 3. The van der Waals surface area contributed by atoms with E-state index in [1.165, 1.54) is 21.9 Å². The van der Waals surface area contributed by atoms with Crippen molar-refractivity contribution in [2.75, 3.05) is 63.4 Å². The predicted octanol–water partition coefficient (Wildman–Crippen LogP) is 6.59. The number of hydrogen-bond donors (Lipinski definition) is 4. The van der Waals surface area contributed by atoms with Gasteiger partial charge in [0.05, 0.1) is 29.6 Å². The van der Waals surface area contributed by atoms with E-state index in [0.29, 0.717) is 64.9 Å². The highest BCUT2D eigenvalue weighted by Crippen LogP contribution is 2.43. The van der Waals surface area contributed by atoms with Gasteiger partial charge in [0, 0.05) is 111 Å². The van der Waals surface area contributed by atoms with Gasteiger partial charge in [-0.05, 0) is 112 Å². The smallest absolute Gasteiger partial charge is 0.276 e. The first-order valence-electron chi connectivity index (χ1n) is 24.2. The van der Waals surface area contributed by atoms with E-state index in [1.807, 2.05) is 19.9 Å². The van der Waals surface area contributed by atoms with Gasteiger partial charge in [-0.25, -0.2) is 9.97 Å². The summed E-state index contributed by atoms with van der Waals surface area (Å²) in [6.45, 7) is 20.6. The third-order valence-electron chi connectivity index (χ3n) is 15.3. The Hall–Kier alpha value is -6.78. The molecule has 10 rings (SSSR count). The molecule has 0 bridgehead atoms. The minimum Gasteiger partial charge on any atom is -0.392 e. The summed E-state index contributed by atoms with van der Waals surface area (Å²) in [6.07, 6.45) is 10.2. The second-order valence-corrected chi connectivity index (χ2v) is 21.0. The van der Waals surface area contributed by atoms with Gasteiger partial charge >= 0.3 is 0 Å². The van der Waals surface area contributed by atoms with Gasteiger partial charge in [0.15, 0.2) is 0 Å². The third-order valence-corrected chi connectivity index (χ3v) is 15.3. The molecule has 0 radical (unpaired) electrons. The van der Waals surface area contributed by atoms with Gasteiger partial charge in [-0.1, -0.05) is 26.5 Å². The van der Waals surface area contributed by atoms with Crippen LogP contribution < -0.4 is 36.2 Å². The van der Waals surface area contributed by atoms with Crippen molar-refractivity contribution in [1.82, 2.24) is 24.0 Å². The van der Waals surface area contributed by atoms with Crippen LogP contribution in [0.2, 0.25) is 0 Å². The molecule has 5 aliphatic rings. The minimum atomic E-state index is -0.530. The second-order valence-electron chi connectivity index (χ2n) is 21.0. The molecule has 2 fully saturated rings. The molecule has 0 spiro atoms. The van der Waals surface area contributed by atoms with Crippen LogP contribution in [0.5, 0.6) is 0 Å². The third kappa shape index (κ3) is 8.16. The Bertz CT molecular complexity index is 2990. The first kappa shape index (κ1) is 46.0. The number of aryl methyl sites for hydroxylation is 1. The number of benzene rings is 1. The molecule has 360 valence electrons. The summed E-state index contributed by atoms with van der Waals surface area (Å²) >= 11 is 0. The van der Waals surface area contributed by atoms with Crippen molar-refractivity contribution in [1.29, 1.82) is 0 Å².